The van der Waals surface area contributed by atoms with Crippen LogP contribution < -0.4 is 21.1 Å². The number of carbonyl (C=O) groups excluding carboxylic acids is 1. The van der Waals surface area contributed by atoms with Crippen LogP contribution in [-0.4, -0.2) is 77.6 Å². The minimum absolute atomic E-state index is 0.000567. The van der Waals surface area contributed by atoms with Gasteiger partial charge in [0.15, 0.2) is 0 Å². The van der Waals surface area contributed by atoms with Gasteiger partial charge in [-0.15, -0.1) is 11.3 Å². The first-order valence-electron chi connectivity index (χ1n) is 14.7. The molecule has 9 nitrogen and oxygen atoms in total. The van der Waals surface area contributed by atoms with E-state index in [0.29, 0.717) is 18.0 Å². The van der Waals surface area contributed by atoms with Crippen LogP contribution in [0.15, 0.2) is 24.0 Å². The minimum Gasteiger partial charge on any atom is -0.489 e. The maximum atomic E-state index is 12.8. The van der Waals surface area contributed by atoms with Gasteiger partial charge in [0.1, 0.15) is 22.7 Å². The third kappa shape index (κ3) is 6.82. The average molecular weight is 578 g/mol. The van der Waals surface area contributed by atoms with Crippen molar-refractivity contribution in [1.29, 1.82) is 0 Å². The summed E-state index contributed by atoms with van der Waals surface area (Å²) in [5, 5.41) is 8.20. The van der Waals surface area contributed by atoms with Gasteiger partial charge in [-0.25, -0.2) is 9.97 Å². The average Bonchev–Trinajstić information content (AvgIpc) is 3.32. The molecule has 1 unspecified atom stereocenters. The minimum atomic E-state index is 0.000567. The van der Waals surface area contributed by atoms with Crippen molar-refractivity contribution in [3.63, 3.8) is 0 Å². The quantitative estimate of drug-likeness (QED) is 0.310. The van der Waals surface area contributed by atoms with Crippen LogP contribution >= 0.6 is 11.3 Å². The Balaban J connectivity index is 1.36. The number of nitrogens with one attached hydrogen (secondary N) is 2. The van der Waals surface area contributed by atoms with Crippen molar-refractivity contribution in [3.05, 3.63) is 40.0 Å². The molecule has 2 aromatic heterocycles. The van der Waals surface area contributed by atoms with Gasteiger partial charge in [-0.3, -0.25) is 4.79 Å². The Kier molecular flexibility index (Phi) is 9.11. The van der Waals surface area contributed by atoms with E-state index in [0.717, 1.165) is 79.1 Å². The third-order valence-corrected chi connectivity index (χ3v) is 9.17. The Bertz CT molecular complexity index is 1430. The number of piperazine rings is 1. The zero-order chi connectivity index (χ0) is 29.1. The number of aryl methyl sites for hydroxylation is 1. The zero-order valence-electron chi connectivity index (χ0n) is 24.9. The number of nitrogens with two attached hydrogens (primary N) is 1. The fourth-order valence-electron chi connectivity index (χ4n) is 5.46. The van der Waals surface area contributed by atoms with E-state index in [1.165, 1.54) is 16.0 Å². The van der Waals surface area contributed by atoms with Crippen molar-refractivity contribution in [2.75, 3.05) is 50.8 Å². The molecule has 3 aromatic rings. The summed E-state index contributed by atoms with van der Waals surface area (Å²) in [5.41, 5.74) is 11.5. The lowest BCUT2D eigenvalue weighted by Crippen LogP contribution is -2.50. The number of hydrogen-bond donors (Lipinski definition) is 3. The SMILES string of the molecule is CCC(C)=Cc1cc(Nc2ncnc3sc4c(c23)CCC(NCC(=O)N2CCN(C)CC2)C4)c(OC(C)C)cc1N. The number of nitrogen functional groups attached to an aromatic ring is 1. The van der Waals surface area contributed by atoms with Gasteiger partial charge in [-0.05, 0) is 70.7 Å². The van der Waals surface area contributed by atoms with Gasteiger partial charge in [0, 0.05) is 48.9 Å². The standard InChI is InChI=1S/C31H43N7O2S/c1-6-20(4)13-21-14-25(26(16-24(21)32)40-19(2)3)36-30-29-23-8-7-22(15-27(23)41-31(29)35-18-34-30)33-17-28(39)38-11-9-37(5)10-12-38/h13-14,16,18-19,22,33H,6-12,15,17,32H2,1-5H3,(H,34,35,36). The van der Waals surface area contributed by atoms with E-state index in [1.807, 2.05) is 24.8 Å². The predicted octanol–water partition coefficient (Wildman–Crippen LogP) is 4.84. The number of allylic oxidation sites excluding steroid dienone is 1. The number of thiophene rings is 1. The van der Waals surface area contributed by atoms with Crippen molar-refractivity contribution >= 4 is 50.7 Å². The molecule has 1 saturated heterocycles. The number of likely N-dealkylation sites (N-methyl/N-ethyl adjacent to an activating group) is 1. The van der Waals surface area contributed by atoms with Gasteiger partial charge >= 0.3 is 0 Å². The van der Waals surface area contributed by atoms with E-state index in [-0.39, 0.29) is 18.1 Å². The topological polar surface area (TPSA) is 109 Å². The van der Waals surface area contributed by atoms with Crippen molar-refractivity contribution < 1.29 is 9.53 Å². The summed E-state index contributed by atoms with van der Waals surface area (Å²) in [6.45, 7) is 12.2. The first kappa shape index (κ1) is 29.3. The number of ether oxygens (including phenoxy) is 1. The molecule has 1 aliphatic heterocycles. The molecule has 2 aliphatic rings. The van der Waals surface area contributed by atoms with Gasteiger partial charge in [0.05, 0.1) is 23.7 Å². The number of anilines is 3. The van der Waals surface area contributed by atoms with Crippen LogP contribution in [0.5, 0.6) is 5.75 Å². The van der Waals surface area contributed by atoms with Crippen LogP contribution in [0.2, 0.25) is 0 Å². The lowest BCUT2D eigenvalue weighted by atomic mass is 9.93. The number of rotatable bonds is 9. The summed E-state index contributed by atoms with van der Waals surface area (Å²) >= 11 is 1.73. The Labute approximate surface area is 247 Å². The molecular weight excluding hydrogens is 534 g/mol. The smallest absolute Gasteiger partial charge is 0.236 e. The number of nitrogens with zero attached hydrogens (tertiary/aromatic N) is 4. The van der Waals surface area contributed by atoms with Gasteiger partial charge in [-0.1, -0.05) is 18.6 Å². The lowest BCUT2D eigenvalue weighted by Gasteiger charge is -2.33. The molecule has 1 aliphatic carbocycles. The number of fused-ring (bicyclic) bond motifs is 3. The van der Waals surface area contributed by atoms with E-state index in [2.05, 4.69) is 58.5 Å². The van der Waals surface area contributed by atoms with E-state index in [1.54, 1.807) is 17.7 Å². The lowest BCUT2D eigenvalue weighted by molar-refractivity contribution is -0.131. The van der Waals surface area contributed by atoms with Crippen molar-refractivity contribution in [2.45, 2.75) is 65.5 Å². The maximum Gasteiger partial charge on any atom is 0.236 e. The first-order valence-corrected chi connectivity index (χ1v) is 15.5. The zero-order valence-corrected chi connectivity index (χ0v) is 25.7. The number of aromatic nitrogens is 2. The fraction of sp³-hybridized carbons (Fsp3) is 0.516. The van der Waals surface area contributed by atoms with Crippen LogP contribution in [0.1, 0.15) is 56.5 Å². The second-order valence-electron chi connectivity index (χ2n) is 11.5. The van der Waals surface area contributed by atoms with Crippen LogP contribution in [0, 0.1) is 0 Å². The highest BCUT2D eigenvalue weighted by molar-refractivity contribution is 7.19. The molecule has 1 atom stereocenters. The van der Waals surface area contributed by atoms with Crippen LogP contribution in [0.3, 0.4) is 0 Å². The molecule has 220 valence electrons. The van der Waals surface area contributed by atoms with E-state index in [4.69, 9.17) is 10.5 Å². The Morgan fingerprint density at radius 3 is 2.76 bits per heavy atom. The summed E-state index contributed by atoms with van der Waals surface area (Å²) in [6.07, 6.45) is 7.49. The predicted molar refractivity (Wildman–Crippen MR) is 169 cm³/mol. The Morgan fingerprint density at radius 1 is 1.24 bits per heavy atom. The van der Waals surface area contributed by atoms with Gasteiger partial charge in [0.2, 0.25) is 5.91 Å². The summed E-state index contributed by atoms with van der Waals surface area (Å²) in [7, 11) is 2.10. The first-order chi connectivity index (χ1) is 19.7. The maximum absolute atomic E-state index is 12.8. The van der Waals surface area contributed by atoms with Crippen molar-refractivity contribution in [2.24, 2.45) is 0 Å². The highest BCUT2D eigenvalue weighted by atomic mass is 32.1. The molecule has 0 radical (unpaired) electrons. The van der Waals surface area contributed by atoms with Gasteiger partial charge < -0.3 is 30.9 Å². The molecule has 3 heterocycles. The van der Waals surface area contributed by atoms with E-state index >= 15 is 0 Å². The summed E-state index contributed by atoms with van der Waals surface area (Å²) in [4.78, 5) is 28.6. The Hall–Kier alpha value is -3.21. The van der Waals surface area contributed by atoms with Crippen molar-refractivity contribution in [1.82, 2.24) is 25.1 Å². The third-order valence-electron chi connectivity index (χ3n) is 8.00. The highest BCUT2D eigenvalue weighted by Gasteiger charge is 2.27. The summed E-state index contributed by atoms with van der Waals surface area (Å²) < 4.78 is 6.15. The van der Waals surface area contributed by atoms with E-state index in [9.17, 15) is 4.79 Å². The summed E-state index contributed by atoms with van der Waals surface area (Å²) in [5.74, 6) is 1.68. The largest absolute Gasteiger partial charge is 0.489 e. The normalized spacial score (nSPS) is 18.1. The second kappa shape index (κ2) is 12.8. The van der Waals surface area contributed by atoms with Crippen LogP contribution in [0.25, 0.3) is 16.3 Å². The molecule has 5 rings (SSSR count). The number of carbonyl (C=O) groups is 1. The van der Waals surface area contributed by atoms with Gasteiger partial charge in [0.25, 0.3) is 0 Å². The molecule has 10 heteroatoms. The number of amides is 1. The Morgan fingerprint density at radius 2 is 2.02 bits per heavy atom. The van der Waals surface area contributed by atoms with E-state index < -0.39 is 0 Å². The molecule has 0 saturated carbocycles. The highest BCUT2D eigenvalue weighted by Crippen LogP contribution is 2.41. The molecule has 1 fully saturated rings. The molecule has 0 bridgehead atoms. The molecule has 1 amide bonds. The number of hydrogen-bond acceptors (Lipinski definition) is 9. The summed E-state index contributed by atoms with van der Waals surface area (Å²) in [6, 6.07) is 4.23. The molecule has 1 aromatic carbocycles. The van der Waals surface area contributed by atoms with Crippen LogP contribution in [0.4, 0.5) is 17.2 Å². The van der Waals surface area contributed by atoms with Gasteiger partial charge in [-0.2, -0.15) is 0 Å². The number of benzene rings is 1. The molecule has 4 N–H and O–H groups in total. The van der Waals surface area contributed by atoms with Crippen LogP contribution in [-0.2, 0) is 17.6 Å². The molecule has 41 heavy (non-hydrogen) atoms. The monoisotopic (exact) mass is 577 g/mol. The van der Waals surface area contributed by atoms with Crippen molar-refractivity contribution in [3.8, 4) is 5.75 Å². The molecule has 0 spiro atoms. The second-order valence-corrected chi connectivity index (χ2v) is 12.6. The fourth-order valence-corrected chi connectivity index (χ4v) is 6.73. The molecular formula is C31H43N7O2S.